The molecule has 0 aromatic rings. The fraction of sp³-hybridized carbons (Fsp3) is 0.727. The first-order valence-electron chi connectivity index (χ1n) is 4.91. The highest BCUT2D eigenvalue weighted by molar-refractivity contribution is 5.70. The van der Waals surface area contributed by atoms with E-state index in [0.717, 1.165) is 30.3 Å². The zero-order chi connectivity index (χ0) is 9.64. The number of hydrogen-bond donors (Lipinski definition) is 1. The van der Waals surface area contributed by atoms with Gasteiger partial charge in [0.2, 0.25) is 0 Å². The Balaban J connectivity index is 1.98. The van der Waals surface area contributed by atoms with Crippen molar-refractivity contribution < 1.29 is 9.90 Å². The van der Waals surface area contributed by atoms with E-state index >= 15 is 0 Å². The number of allylic oxidation sites excluding steroid dienone is 1. The normalized spacial score (nSPS) is 34.8. The van der Waals surface area contributed by atoms with E-state index in [1.54, 1.807) is 0 Å². The molecule has 0 aromatic carbocycles. The summed E-state index contributed by atoms with van der Waals surface area (Å²) < 4.78 is 0. The van der Waals surface area contributed by atoms with Crippen LogP contribution in [0, 0.1) is 17.3 Å². The summed E-state index contributed by atoms with van der Waals surface area (Å²) in [5.41, 5.74) is 1.61. The predicted molar refractivity (Wildman–Crippen MR) is 50.3 cm³/mol. The Morgan fingerprint density at radius 3 is 2.85 bits per heavy atom. The molecule has 0 aliphatic heterocycles. The van der Waals surface area contributed by atoms with E-state index in [4.69, 9.17) is 5.11 Å². The molecule has 13 heavy (non-hydrogen) atoms. The molecule has 2 rings (SSSR count). The van der Waals surface area contributed by atoms with Gasteiger partial charge in [-0.2, -0.15) is 0 Å². The molecule has 2 heteroatoms. The number of carboxylic acids is 1. The molecule has 0 radical (unpaired) electrons. The van der Waals surface area contributed by atoms with Crippen LogP contribution in [-0.2, 0) is 4.79 Å². The van der Waals surface area contributed by atoms with Crippen LogP contribution < -0.4 is 0 Å². The number of carboxylic acid groups (broad SMARTS) is 1. The number of rotatable bonds is 2. The molecule has 0 amide bonds. The highest BCUT2D eigenvalue weighted by Gasteiger charge is 2.57. The highest BCUT2D eigenvalue weighted by atomic mass is 16.4. The summed E-state index contributed by atoms with van der Waals surface area (Å²) >= 11 is 0. The average molecular weight is 180 g/mol. The van der Waals surface area contributed by atoms with Crippen LogP contribution in [0.3, 0.4) is 0 Å². The van der Waals surface area contributed by atoms with Gasteiger partial charge in [0, 0.05) is 0 Å². The predicted octanol–water partition coefficient (Wildman–Crippen LogP) is 2.45. The van der Waals surface area contributed by atoms with Crippen LogP contribution in [0.5, 0.6) is 0 Å². The van der Waals surface area contributed by atoms with Crippen LogP contribution in [0.2, 0.25) is 0 Å². The first kappa shape index (κ1) is 8.79. The molecule has 0 spiro atoms. The van der Waals surface area contributed by atoms with Crippen molar-refractivity contribution in [1.82, 2.24) is 0 Å². The number of aliphatic carboxylic acids is 1. The second kappa shape index (κ2) is 2.60. The quantitative estimate of drug-likeness (QED) is 0.663. The molecule has 2 aliphatic carbocycles. The van der Waals surface area contributed by atoms with Crippen LogP contribution in [0.4, 0.5) is 0 Å². The van der Waals surface area contributed by atoms with Gasteiger partial charge in [0.15, 0.2) is 0 Å². The third kappa shape index (κ3) is 1.38. The maximum atomic E-state index is 10.5. The van der Waals surface area contributed by atoms with Gasteiger partial charge < -0.3 is 5.11 Å². The molecule has 0 saturated heterocycles. The van der Waals surface area contributed by atoms with Crippen molar-refractivity contribution in [2.75, 3.05) is 0 Å². The summed E-state index contributed by atoms with van der Waals surface area (Å²) in [6.45, 7) is 4.58. The van der Waals surface area contributed by atoms with Crippen molar-refractivity contribution in [3.63, 3.8) is 0 Å². The Bertz CT molecular complexity index is 276. The summed E-state index contributed by atoms with van der Waals surface area (Å²) in [4.78, 5) is 10.5. The van der Waals surface area contributed by atoms with Crippen LogP contribution in [0.25, 0.3) is 0 Å². The Hall–Kier alpha value is -0.790. The summed E-state index contributed by atoms with van der Waals surface area (Å²) in [5, 5.41) is 8.65. The first-order valence-corrected chi connectivity index (χ1v) is 4.91. The lowest BCUT2D eigenvalue weighted by Gasteiger charge is -2.08. The Morgan fingerprint density at radius 1 is 1.62 bits per heavy atom. The Morgan fingerprint density at radius 2 is 2.31 bits per heavy atom. The van der Waals surface area contributed by atoms with Crippen LogP contribution in [0.15, 0.2) is 11.6 Å². The number of fused-ring (bicyclic) bond motifs is 1. The molecule has 1 fully saturated rings. The first-order chi connectivity index (χ1) is 6.01. The summed E-state index contributed by atoms with van der Waals surface area (Å²) in [6.07, 6.45) is 4.51. The minimum Gasteiger partial charge on any atom is -0.481 e. The average Bonchev–Trinajstić information content (AvgIpc) is 2.53. The topological polar surface area (TPSA) is 37.3 Å². The molecule has 72 valence electrons. The van der Waals surface area contributed by atoms with Crippen LogP contribution in [-0.4, -0.2) is 11.1 Å². The summed E-state index contributed by atoms with van der Waals surface area (Å²) in [6, 6.07) is 0. The van der Waals surface area contributed by atoms with Gasteiger partial charge in [-0.25, -0.2) is 0 Å². The maximum absolute atomic E-state index is 10.5. The fourth-order valence-electron chi connectivity index (χ4n) is 2.73. The van der Waals surface area contributed by atoms with E-state index in [1.165, 1.54) is 0 Å². The standard InChI is InChI=1S/C11H16O2/c1-11(2)8-4-3-7(5-9(8)11)6-10(12)13/h3,8-9H,4-6H2,1-2H3,(H,12,13)/t8-,9+/m1/s1. The lowest BCUT2D eigenvalue weighted by molar-refractivity contribution is -0.136. The smallest absolute Gasteiger partial charge is 0.307 e. The second-order valence-electron chi connectivity index (χ2n) is 4.91. The molecule has 0 unspecified atom stereocenters. The lowest BCUT2D eigenvalue weighted by Crippen LogP contribution is -2.02. The Kier molecular flexibility index (Phi) is 1.76. The third-order valence-electron chi connectivity index (χ3n) is 3.81. The molecule has 2 atom stereocenters. The number of hydrogen-bond acceptors (Lipinski definition) is 1. The molecule has 2 nitrogen and oxygen atoms in total. The van der Waals surface area contributed by atoms with E-state index in [9.17, 15) is 4.79 Å². The van der Waals surface area contributed by atoms with Gasteiger partial charge in [-0.3, -0.25) is 4.79 Å². The van der Waals surface area contributed by atoms with Crippen LogP contribution in [0.1, 0.15) is 33.1 Å². The van der Waals surface area contributed by atoms with Gasteiger partial charge in [-0.05, 0) is 30.1 Å². The minimum absolute atomic E-state index is 0.249. The zero-order valence-electron chi connectivity index (χ0n) is 8.21. The molecule has 2 aliphatic rings. The second-order valence-corrected chi connectivity index (χ2v) is 4.91. The molecular formula is C11H16O2. The van der Waals surface area contributed by atoms with Crippen molar-refractivity contribution in [2.45, 2.75) is 33.1 Å². The molecule has 1 N–H and O–H groups in total. The van der Waals surface area contributed by atoms with E-state index in [2.05, 4.69) is 19.9 Å². The van der Waals surface area contributed by atoms with E-state index in [-0.39, 0.29) is 6.42 Å². The van der Waals surface area contributed by atoms with Gasteiger partial charge >= 0.3 is 5.97 Å². The molecular weight excluding hydrogens is 164 g/mol. The van der Waals surface area contributed by atoms with Gasteiger partial charge in [0.1, 0.15) is 0 Å². The molecule has 0 heterocycles. The van der Waals surface area contributed by atoms with Gasteiger partial charge in [0.25, 0.3) is 0 Å². The van der Waals surface area contributed by atoms with Crippen molar-refractivity contribution in [3.05, 3.63) is 11.6 Å². The zero-order valence-corrected chi connectivity index (χ0v) is 8.21. The third-order valence-corrected chi connectivity index (χ3v) is 3.81. The van der Waals surface area contributed by atoms with E-state index in [0.29, 0.717) is 5.41 Å². The largest absolute Gasteiger partial charge is 0.481 e. The van der Waals surface area contributed by atoms with Gasteiger partial charge in [0.05, 0.1) is 6.42 Å². The highest BCUT2D eigenvalue weighted by Crippen LogP contribution is 2.64. The minimum atomic E-state index is -0.692. The number of carbonyl (C=O) groups is 1. The van der Waals surface area contributed by atoms with E-state index < -0.39 is 5.97 Å². The van der Waals surface area contributed by atoms with Crippen LogP contribution >= 0.6 is 0 Å². The van der Waals surface area contributed by atoms with Gasteiger partial charge in [-0.1, -0.05) is 25.5 Å². The SMILES string of the molecule is CC1(C)[C@@H]2CC=C(CC(=O)O)C[C@@H]21. The lowest BCUT2D eigenvalue weighted by atomic mass is 9.97. The van der Waals surface area contributed by atoms with E-state index in [1.807, 2.05) is 0 Å². The monoisotopic (exact) mass is 180 g/mol. The Labute approximate surface area is 78.6 Å². The van der Waals surface area contributed by atoms with Crippen molar-refractivity contribution in [2.24, 2.45) is 17.3 Å². The van der Waals surface area contributed by atoms with Crippen molar-refractivity contribution >= 4 is 5.97 Å². The molecule has 0 bridgehead atoms. The summed E-state index contributed by atoms with van der Waals surface area (Å²) in [7, 11) is 0. The summed E-state index contributed by atoms with van der Waals surface area (Å²) in [5.74, 6) is 0.889. The maximum Gasteiger partial charge on any atom is 0.307 e. The van der Waals surface area contributed by atoms with Gasteiger partial charge in [-0.15, -0.1) is 0 Å². The van der Waals surface area contributed by atoms with Crippen molar-refractivity contribution in [3.8, 4) is 0 Å². The molecule has 1 saturated carbocycles. The van der Waals surface area contributed by atoms with Crippen molar-refractivity contribution in [1.29, 1.82) is 0 Å². The molecule has 0 aromatic heterocycles. The fourth-order valence-corrected chi connectivity index (χ4v) is 2.73.